The molecule has 60 valence electrons. The van der Waals surface area contributed by atoms with E-state index in [0.717, 1.165) is 32.1 Å². The third-order valence-corrected chi connectivity index (χ3v) is 2.62. The van der Waals surface area contributed by atoms with E-state index < -0.39 is 0 Å². The highest BCUT2D eigenvalue weighted by atomic mass is 16.3. The first-order chi connectivity index (χ1) is 4.66. The fraction of sp³-hybridized carbons (Fsp3) is 1.00. The van der Waals surface area contributed by atoms with Crippen LogP contribution in [-0.4, -0.2) is 16.7 Å². The molecule has 0 heterocycles. The first-order valence-electron chi connectivity index (χ1n) is 4.14. The molecule has 1 rings (SSSR count). The van der Waals surface area contributed by atoms with Crippen molar-refractivity contribution in [2.45, 2.75) is 50.7 Å². The highest BCUT2D eigenvalue weighted by molar-refractivity contribution is 4.85. The zero-order valence-corrected chi connectivity index (χ0v) is 6.64. The van der Waals surface area contributed by atoms with E-state index in [1.165, 1.54) is 0 Å². The predicted molar refractivity (Wildman–Crippen MR) is 41.7 cm³/mol. The molecule has 2 nitrogen and oxygen atoms in total. The average Bonchev–Trinajstić information content (AvgIpc) is 1.96. The Labute approximate surface area is 62.4 Å². The molecule has 0 spiro atoms. The van der Waals surface area contributed by atoms with Crippen molar-refractivity contribution in [3.8, 4) is 0 Å². The van der Waals surface area contributed by atoms with Gasteiger partial charge in [-0.3, -0.25) is 0 Å². The monoisotopic (exact) mass is 143 g/mol. The van der Waals surface area contributed by atoms with Crippen LogP contribution in [0.1, 0.15) is 39.0 Å². The van der Waals surface area contributed by atoms with Gasteiger partial charge >= 0.3 is 0 Å². The molecule has 2 heteroatoms. The van der Waals surface area contributed by atoms with Crippen LogP contribution >= 0.6 is 0 Å². The maximum Gasteiger partial charge on any atom is 0.0646 e. The Morgan fingerprint density at radius 1 is 1.50 bits per heavy atom. The van der Waals surface area contributed by atoms with Crippen LogP contribution in [0.25, 0.3) is 0 Å². The summed E-state index contributed by atoms with van der Waals surface area (Å²) in [6.45, 7) is 2.04. The van der Waals surface area contributed by atoms with Gasteiger partial charge in [-0.2, -0.15) is 0 Å². The van der Waals surface area contributed by atoms with Crippen molar-refractivity contribution in [1.29, 1.82) is 0 Å². The molecule has 3 N–H and O–H groups in total. The molecule has 0 unspecified atom stereocenters. The number of rotatable bonds is 1. The Hall–Kier alpha value is -0.0800. The summed E-state index contributed by atoms with van der Waals surface area (Å²) >= 11 is 0. The first kappa shape index (κ1) is 8.02. The lowest BCUT2D eigenvalue weighted by atomic mass is 9.81. The largest absolute Gasteiger partial charge is 0.390 e. The molecular weight excluding hydrogens is 126 g/mol. The third-order valence-electron chi connectivity index (χ3n) is 2.62. The second kappa shape index (κ2) is 2.89. The summed E-state index contributed by atoms with van der Waals surface area (Å²) in [5.74, 6) is 0. The molecule has 1 saturated carbocycles. The van der Waals surface area contributed by atoms with Gasteiger partial charge in [0.1, 0.15) is 0 Å². The van der Waals surface area contributed by atoms with E-state index in [1.54, 1.807) is 0 Å². The van der Waals surface area contributed by atoms with Crippen molar-refractivity contribution >= 4 is 0 Å². The first-order valence-corrected chi connectivity index (χ1v) is 4.14. The average molecular weight is 143 g/mol. The van der Waals surface area contributed by atoms with Gasteiger partial charge in [-0.25, -0.2) is 0 Å². The van der Waals surface area contributed by atoms with Crippen molar-refractivity contribution in [3.05, 3.63) is 0 Å². The second-order valence-corrected chi connectivity index (χ2v) is 3.42. The normalized spacial score (nSPS) is 41.7. The lowest BCUT2D eigenvalue weighted by Gasteiger charge is -2.33. The van der Waals surface area contributed by atoms with Gasteiger partial charge in [0.05, 0.1) is 5.60 Å². The summed E-state index contributed by atoms with van der Waals surface area (Å²) < 4.78 is 0. The summed E-state index contributed by atoms with van der Waals surface area (Å²) in [6, 6.07) is 0.340. The lowest BCUT2D eigenvalue weighted by molar-refractivity contribution is -0.00351. The van der Waals surface area contributed by atoms with Crippen LogP contribution < -0.4 is 5.73 Å². The number of nitrogens with two attached hydrogens (primary N) is 1. The van der Waals surface area contributed by atoms with E-state index in [9.17, 15) is 5.11 Å². The molecule has 0 saturated heterocycles. The molecular formula is C8H17NO. The molecule has 0 aromatic rings. The molecule has 1 aliphatic rings. The van der Waals surface area contributed by atoms with E-state index >= 15 is 0 Å². The van der Waals surface area contributed by atoms with Gasteiger partial charge in [-0.1, -0.05) is 6.92 Å². The number of hydrogen-bond donors (Lipinski definition) is 2. The van der Waals surface area contributed by atoms with Crippen molar-refractivity contribution in [2.24, 2.45) is 5.73 Å². The minimum absolute atomic E-state index is 0.340. The zero-order valence-electron chi connectivity index (χ0n) is 6.64. The van der Waals surface area contributed by atoms with E-state index in [0.29, 0.717) is 6.04 Å². The standard InChI is InChI=1S/C8H17NO/c1-2-8(10)5-3-7(9)4-6-8/h7,10H,2-6,9H2,1H3/t7-,8+. The minimum atomic E-state index is -0.379. The molecule has 0 atom stereocenters. The Morgan fingerprint density at radius 3 is 2.40 bits per heavy atom. The maximum absolute atomic E-state index is 9.74. The Morgan fingerprint density at radius 2 is 2.00 bits per heavy atom. The maximum atomic E-state index is 9.74. The van der Waals surface area contributed by atoms with E-state index in [2.05, 4.69) is 0 Å². The van der Waals surface area contributed by atoms with Gasteiger partial charge in [0.2, 0.25) is 0 Å². The summed E-state index contributed by atoms with van der Waals surface area (Å²) in [5.41, 5.74) is 5.32. The quantitative estimate of drug-likeness (QED) is 0.576. The lowest BCUT2D eigenvalue weighted by Crippen LogP contribution is -2.38. The van der Waals surface area contributed by atoms with Crippen LogP contribution in [0, 0.1) is 0 Å². The third kappa shape index (κ3) is 1.70. The van der Waals surface area contributed by atoms with Crippen molar-refractivity contribution in [1.82, 2.24) is 0 Å². The topological polar surface area (TPSA) is 46.2 Å². The highest BCUT2D eigenvalue weighted by Gasteiger charge is 2.29. The molecule has 0 aliphatic heterocycles. The molecule has 0 radical (unpaired) electrons. The fourth-order valence-corrected chi connectivity index (χ4v) is 1.53. The molecule has 1 aliphatic carbocycles. The van der Waals surface area contributed by atoms with Crippen LogP contribution in [-0.2, 0) is 0 Å². The molecule has 10 heavy (non-hydrogen) atoms. The fourth-order valence-electron chi connectivity index (χ4n) is 1.53. The van der Waals surface area contributed by atoms with E-state index in [4.69, 9.17) is 5.73 Å². The Balaban J connectivity index is 2.38. The summed E-state index contributed by atoms with van der Waals surface area (Å²) in [5, 5.41) is 9.74. The SMILES string of the molecule is CC[C@]1(O)CC[C@@H](N)CC1. The smallest absolute Gasteiger partial charge is 0.0646 e. The zero-order chi connectivity index (χ0) is 7.61. The summed E-state index contributed by atoms with van der Waals surface area (Å²) in [4.78, 5) is 0. The van der Waals surface area contributed by atoms with Gasteiger partial charge in [-0.15, -0.1) is 0 Å². The predicted octanol–water partition coefficient (Wildman–Crippen LogP) is 1.03. The molecule has 0 aromatic carbocycles. The number of aliphatic hydroxyl groups is 1. The van der Waals surface area contributed by atoms with Gasteiger partial charge in [0.15, 0.2) is 0 Å². The Bertz CT molecular complexity index is 106. The van der Waals surface area contributed by atoms with Crippen molar-refractivity contribution in [3.63, 3.8) is 0 Å². The van der Waals surface area contributed by atoms with Crippen LogP contribution in [0.5, 0.6) is 0 Å². The van der Waals surface area contributed by atoms with Crippen LogP contribution in [0.3, 0.4) is 0 Å². The molecule has 0 bridgehead atoms. The minimum Gasteiger partial charge on any atom is -0.390 e. The molecule has 0 amide bonds. The molecule has 1 fully saturated rings. The summed E-state index contributed by atoms with van der Waals surface area (Å²) in [7, 11) is 0. The highest BCUT2D eigenvalue weighted by Crippen LogP contribution is 2.29. The number of hydrogen-bond acceptors (Lipinski definition) is 2. The van der Waals surface area contributed by atoms with E-state index in [1.807, 2.05) is 6.92 Å². The van der Waals surface area contributed by atoms with Crippen molar-refractivity contribution in [2.75, 3.05) is 0 Å². The summed E-state index contributed by atoms with van der Waals surface area (Å²) in [6.07, 6.45) is 4.64. The van der Waals surface area contributed by atoms with Crippen LogP contribution in [0.15, 0.2) is 0 Å². The van der Waals surface area contributed by atoms with Gasteiger partial charge in [0.25, 0.3) is 0 Å². The van der Waals surface area contributed by atoms with Gasteiger partial charge < -0.3 is 10.8 Å². The van der Waals surface area contributed by atoms with Crippen LogP contribution in [0.2, 0.25) is 0 Å². The van der Waals surface area contributed by atoms with Crippen molar-refractivity contribution < 1.29 is 5.11 Å². The molecule has 0 aromatic heterocycles. The van der Waals surface area contributed by atoms with E-state index in [-0.39, 0.29) is 5.60 Å². The van der Waals surface area contributed by atoms with Gasteiger partial charge in [-0.05, 0) is 32.1 Å². The van der Waals surface area contributed by atoms with Crippen LogP contribution in [0.4, 0.5) is 0 Å². The Kier molecular flexibility index (Phi) is 2.32. The van der Waals surface area contributed by atoms with Gasteiger partial charge in [0, 0.05) is 6.04 Å². The second-order valence-electron chi connectivity index (χ2n) is 3.42.